The molecular formula is C19H24O6. The van der Waals surface area contributed by atoms with Gasteiger partial charge in [-0.1, -0.05) is 26.5 Å². The fraction of sp³-hybridized carbons (Fsp3) is 0.526. The van der Waals surface area contributed by atoms with E-state index >= 15 is 0 Å². The molecule has 1 N–H and O–H groups in total. The van der Waals surface area contributed by atoms with Crippen LogP contribution in [0.25, 0.3) is 0 Å². The van der Waals surface area contributed by atoms with Crippen molar-refractivity contribution in [3.05, 3.63) is 35.5 Å². The monoisotopic (exact) mass is 348 g/mol. The number of hydrogen-bond donors (Lipinski definition) is 1. The van der Waals surface area contributed by atoms with Crippen LogP contribution in [-0.4, -0.2) is 42.1 Å². The Bertz CT molecular complexity index is 640. The highest BCUT2D eigenvalue weighted by atomic mass is 16.6. The average Bonchev–Trinajstić information content (AvgIpc) is 2.83. The van der Waals surface area contributed by atoms with Gasteiger partial charge in [-0.2, -0.15) is 0 Å². The Balaban J connectivity index is 2.25. The largest absolute Gasteiger partial charge is 0.461 e. The molecule has 6 nitrogen and oxygen atoms in total. The zero-order chi connectivity index (χ0) is 18.6. The molecule has 0 amide bonds. The summed E-state index contributed by atoms with van der Waals surface area (Å²) in [6.45, 7) is 7.00. The molecule has 0 aromatic carbocycles. The molecule has 0 unspecified atom stereocenters. The molecule has 1 fully saturated rings. The second-order valence-electron chi connectivity index (χ2n) is 6.64. The van der Waals surface area contributed by atoms with Crippen molar-refractivity contribution in [1.82, 2.24) is 0 Å². The molecule has 136 valence electrons. The molecule has 0 spiro atoms. The van der Waals surface area contributed by atoms with Crippen LogP contribution in [0.5, 0.6) is 0 Å². The van der Waals surface area contributed by atoms with Gasteiger partial charge in [0.05, 0.1) is 12.5 Å². The molecular weight excluding hydrogens is 324 g/mol. The van der Waals surface area contributed by atoms with Crippen molar-refractivity contribution in [2.45, 2.75) is 39.2 Å². The summed E-state index contributed by atoms with van der Waals surface area (Å²) in [5, 5.41) is 9.41. The number of Topliss-reactive ketones (excluding diaryl/α,β-unsaturated/α-hetero) is 1. The summed E-state index contributed by atoms with van der Waals surface area (Å²) >= 11 is 0. The molecule has 0 aromatic rings. The number of esters is 2. The van der Waals surface area contributed by atoms with E-state index in [1.165, 1.54) is 0 Å². The first-order valence-electron chi connectivity index (χ1n) is 8.42. The molecule has 2 rings (SSSR count). The molecule has 6 heteroatoms. The molecule has 25 heavy (non-hydrogen) atoms. The number of rotatable bonds is 4. The van der Waals surface area contributed by atoms with Crippen LogP contribution in [0, 0.1) is 11.8 Å². The molecule has 1 aliphatic carbocycles. The number of fused-ring (bicyclic) bond motifs is 1. The van der Waals surface area contributed by atoms with Crippen LogP contribution < -0.4 is 0 Å². The standard InChI is InChI=1S/C19H24O6/c1-11(2)18(22)24-10-13-5-4-6-14(9-20)16(21)8-15-12(3)19(23)25-17(15)7-13/h6-7,11,15,17,20H,3-5,8-10H2,1-2H3/b13-7?,14-6+/t15-,17+/m0/s1. The van der Waals surface area contributed by atoms with Gasteiger partial charge in [0.2, 0.25) is 0 Å². The van der Waals surface area contributed by atoms with Crippen LogP contribution in [0.4, 0.5) is 0 Å². The number of aliphatic hydroxyl groups excluding tert-OH is 1. The van der Waals surface area contributed by atoms with E-state index in [2.05, 4.69) is 6.58 Å². The second-order valence-corrected chi connectivity index (χ2v) is 6.64. The highest BCUT2D eigenvalue weighted by Crippen LogP contribution is 2.33. The van der Waals surface area contributed by atoms with Crippen LogP contribution in [0.15, 0.2) is 35.5 Å². The van der Waals surface area contributed by atoms with Gasteiger partial charge in [0.25, 0.3) is 0 Å². The van der Waals surface area contributed by atoms with Gasteiger partial charge in [0, 0.05) is 23.5 Å². The van der Waals surface area contributed by atoms with Gasteiger partial charge in [-0.25, -0.2) is 4.79 Å². The second kappa shape index (κ2) is 8.25. The number of carbonyl (C=O) groups is 3. The Hall–Kier alpha value is -2.21. The Morgan fingerprint density at radius 2 is 2.16 bits per heavy atom. The smallest absolute Gasteiger partial charge is 0.334 e. The topological polar surface area (TPSA) is 89.9 Å². The van der Waals surface area contributed by atoms with E-state index in [4.69, 9.17) is 9.47 Å². The van der Waals surface area contributed by atoms with Crippen molar-refractivity contribution in [2.75, 3.05) is 13.2 Å². The van der Waals surface area contributed by atoms with E-state index in [1.807, 2.05) is 0 Å². The molecule has 0 aromatic heterocycles. The van der Waals surface area contributed by atoms with E-state index in [0.717, 1.165) is 5.57 Å². The van der Waals surface area contributed by atoms with Crippen molar-refractivity contribution in [3.63, 3.8) is 0 Å². The molecule has 2 aliphatic rings. The third kappa shape index (κ3) is 4.66. The summed E-state index contributed by atoms with van der Waals surface area (Å²) in [4.78, 5) is 35.8. The van der Waals surface area contributed by atoms with Gasteiger partial charge in [-0.3, -0.25) is 9.59 Å². The van der Waals surface area contributed by atoms with E-state index in [9.17, 15) is 19.5 Å². The maximum Gasteiger partial charge on any atom is 0.334 e. The number of aliphatic hydroxyl groups is 1. The number of allylic oxidation sites excluding steroid dienone is 1. The molecule has 1 saturated heterocycles. The molecule has 2 atom stereocenters. The van der Waals surface area contributed by atoms with Gasteiger partial charge in [0.1, 0.15) is 12.7 Å². The normalized spacial score (nSPS) is 26.5. The number of ketones is 1. The first kappa shape index (κ1) is 19.1. The molecule has 0 bridgehead atoms. The fourth-order valence-electron chi connectivity index (χ4n) is 2.82. The number of hydrogen-bond acceptors (Lipinski definition) is 6. The summed E-state index contributed by atoms with van der Waals surface area (Å²) < 4.78 is 10.6. The minimum absolute atomic E-state index is 0.0528. The van der Waals surface area contributed by atoms with Crippen LogP contribution in [0.1, 0.15) is 33.1 Å². The molecule has 0 saturated carbocycles. The van der Waals surface area contributed by atoms with Crippen molar-refractivity contribution >= 4 is 17.7 Å². The lowest BCUT2D eigenvalue weighted by Crippen LogP contribution is -2.22. The zero-order valence-corrected chi connectivity index (χ0v) is 14.6. The predicted molar refractivity (Wildman–Crippen MR) is 90.4 cm³/mol. The third-order valence-electron chi connectivity index (χ3n) is 4.41. The highest BCUT2D eigenvalue weighted by molar-refractivity contribution is 5.98. The van der Waals surface area contributed by atoms with Crippen molar-refractivity contribution in [2.24, 2.45) is 11.8 Å². The Labute approximate surface area is 147 Å². The van der Waals surface area contributed by atoms with E-state index in [0.29, 0.717) is 18.4 Å². The van der Waals surface area contributed by atoms with Crippen molar-refractivity contribution in [3.8, 4) is 0 Å². The van der Waals surface area contributed by atoms with E-state index in [1.54, 1.807) is 26.0 Å². The first-order valence-corrected chi connectivity index (χ1v) is 8.42. The highest BCUT2D eigenvalue weighted by Gasteiger charge is 2.39. The Morgan fingerprint density at radius 1 is 1.44 bits per heavy atom. The quantitative estimate of drug-likeness (QED) is 0.474. The minimum atomic E-state index is -0.602. The third-order valence-corrected chi connectivity index (χ3v) is 4.41. The zero-order valence-electron chi connectivity index (χ0n) is 14.6. The van der Waals surface area contributed by atoms with Gasteiger partial charge in [0.15, 0.2) is 5.78 Å². The summed E-state index contributed by atoms with van der Waals surface area (Å²) in [5.41, 5.74) is 1.40. The summed E-state index contributed by atoms with van der Waals surface area (Å²) in [6.07, 6.45) is 3.97. The lowest BCUT2D eigenvalue weighted by atomic mass is 9.87. The van der Waals surface area contributed by atoms with Crippen LogP contribution >= 0.6 is 0 Å². The van der Waals surface area contributed by atoms with Crippen LogP contribution in [-0.2, 0) is 23.9 Å². The minimum Gasteiger partial charge on any atom is -0.461 e. The number of carbonyl (C=O) groups excluding carboxylic acids is 3. The first-order chi connectivity index (χ1) is 11.8. The number of ether oxygens (including phenoxy) is 2. The van der Waals surface area contributed by atoms with Crippen molar-refractivity contribution in [1.29, 1.82) is 0 Å². The molecule has 1 heterocycles. The lowest BCUT2D eigenvalue weighted by Gasteiger charge is -2.18. The fourth-order valence-corrected chi connectivity index (χ4v) is 2.82. The van der Waals surface area contributed by atoms with Gasteiger partial charge < -0.3 is 14.6 Å². The Kier molecular flexibility index (Phi) is 6.31. The SMILES string of the molecule is C=C1C(=O)O[C@@H]2C=C(COC(=O)C(C)C)CC/C=C(\CO)C(=O)C[C@@H]12. The average molecular weight is 348 g/mol. The van der Waals surface area contributed by atoms with Gasteiger partial charge >= 0.3 is 11.9 Å². The van der Waals surface area contributed by atoms with Gasteiger partial charge in [-0.05, 0) is 24.5 Å². The van der Waals surface area contributed by atoms with Gasteiger partial charge in [-0.15, -0.1) is 0 Å². The summed E-state index contributed by atoms with van der Waals surface area (Å²) in [5.74, 6) is -1.73. The maximum absolute atomic E-state index is 12.3. The van der Waals surface area contributed by atoms with Crippen LogP contribution in [0.3, 0.4) is 0 Å². The van der Waals surface area contributed by atoms with Crippen LogP contribution in [0.2, 0.25) is 0 Å². The lowest BCUT2D eigenvalue weighted by molar-refractivity contribution is -0.146. The molecule has 1 aliphatic heterocycles. The summed E-state index contributed by atoms with van der Waals surface area (Å²) in [6, 6.07) is 0. The van der Waals surface area contributed by atoms with E-state index in [-0.39, 0.29) is 42.9 Å². The van der Waals surface area contributed by atoms with E-state index < -0.39 is 18.0 Å². The summed E-state index contributed by atoms with van der Waals surface area (Å²) in [7, 11) is 0. The maximum atomic E-state index is 12.3. The predicted octanol–water partition coefficient (Wildman–Crippen LogP) is 1.88. The molecule has 0 radical (unpaired) electrons. The Morgan fingerprint density at radius 3 is 2.80 bits per heavy atom. The van der Waals surface area contributed by atoms with Crippen molar-refractivity contribution < 1.29 is 29.0 Å².